The van der Waals surface area contributed by atoms with Crippen molar-refractivity contribution in [3.63, 3.8) is 0 Å². The zero-order valence-corrected chi connectivity index (χ0v) is 13.2. The number of hydrogen-bond donors (Lipinski definition) is 0. The fourth-order valence-electron chi connectivity index (χ4n) is 3.24. The lowest BCUT2D eigenvalue weighted by Gasteiger charge is -2.34. The van der Waals surface area contributed by atoms with Crippen molar-refractivity contribution in [1.29, 1.82) is 0 Å². The third-order valence-corrected chi connectivity index (χ3v) is 4.38. The quantitative estimate of drug-likeness (QED) is 0.791. The van der Waals surface area contributed by atoms with Crippen LogP contribution in [0.5, 0.6) is 0 Å². The van der Waals surface area contributed by atoms with E-state index in [1.54, 1.807) is 0 Å². The summed E-state index contributed by atoms with van der Waals surface area (Å²) in [5.74, 6) is 2.01. The summed E-state index contributed by atoms with van der Waals surface area (Å²) >= 11 is 0. The molecule has 2 atom stereocenters. The SMILES string of the molecule is C[C@@H]1CN(Cc2nc(N(C)C)no2)C[C@H]1N1CCOCC1. The van der Waals surface area contributed by atoms with Crippen molar-refractivity contribution in [2.75, 3.05) is 58.4 Å². The van der Waals surface area contributed by atoms with Gasteiger partial charge in [-0.15, -0.1) is 0 Å². The van der Waals surface area contributed by atoms with E-state index in [1.165, 1.54) is 0 Å². The van der Waals surface area contributed by atoms with Crippen LogP contribution in [0, 0.1) is 5.92 Å². The molecule has 0 radical (unpaired) electrons. The second kappa shape index (κ2) is 6.29. The summed E-state index contributed by atoms with van der Waals surface area (Å²) in [5.41, 5.74) is 0. The summed E-state index contributed by atoms with van der Waals surface area (Å²) in [6, 6.07) is 0.616. The topological polar surface area (TPSA) is 57.9 Å². The van der Waals surface area contributed by atoms with Crippen molar-refractivity contribution in [2.45, 2.75) is 19.5 Å². The van der Waals surface area contributed by atoms with Crippen LogP contribution in [0.15, 0.2) is 4.52 Å². The summed E-state index contributed by atoms with van der Waals surface area (Å²) in [4.78, 5) is 11.2. The Kier molecular flexibility index (Phi) is 4.42. The number of likely N-dealkylation sites (tertiary alicyclic amines) is 1. The number of hydrogen-bond acceptors (Lipinski definition) is 7. The Hall–Kier alpha value is -1.18. The molecule has 1 aromatic heterocycles. The average Bonchev–Trinajstić information content (AvgIpc) is 3.07. The molecule has 21 heavy (non-hydrogen) atoms. The maximum atomic E-state index is 5.45. The molecule has 7 nitrogen and oxygen atoms in total. The molecule has 0 aromatic carbocycles. The number of ether oxygens (including phenoxy) is 1. The minimum atomic E-state index is 0.616. The zero-order valence-electron chi connectivity index (χ0n) is 13.2. The molecule has 0 unspecified atom stereocenters. The number of anilines is 1. The van der Waals surface area contributed by atoms with E-state index in [-0.39, 0.29) is 0 Å². The molecule has 0 bridgehead atoms. The van der Waals surface area contributed by atoms with E-state index in [1.807, 2.05) is 19.0 Å². The molecule has 2 fully saturated rings. The number of aromatic nitrogens is 2. The van der Waals surface area contributed by atoms with E-state index in [0.29, 0.717) is 23.8 Å². The molecule has 3 rings (SSSR count). The van der Waals surface area contributed by atoms with Crippen molar-refractivity contribution >= 4 is 5.95 Å². The van der Waals surface area contributed by atoms with Gasteiger partial charge in [0.2, 0.25) is 5.89 Å². The highest BCUT2D eigenvalue weighted by Gasteiger charge is 2.35. The third-order valence-electron chi connectivity index (χ3n) is 4.38. The van der Waals surface area contributed by atoms with E-state index >= 15 is 0 Å². The van der Waals surface area contributed by atoms with Gasteiger partial charge in [-0.3, -0.25) is 9.80 Å². The van der Waals surface area contributed by atoms with Crippen molar-refractivity contribution < 1.29 is 9.26 Å². The molecule has 0 amide bonds. The van der Waals surface area contributed by atoms with Gasteiger partial charge in [0.25, 0.3) is 5.95 Å². The summed E-state index contributed by atoms with van der Waals surface area (Å²) in [6.45, 7) is 9.05. The van der Waals surface area contributed by atoms with Gasteiger partial charge >= 0.3 is 0 Å². The van der Waals surface area contributed by atoms with Gasteiger partial charge < -0.3 is 14.2 Å². The van der Waals surface area contributed by atoms with Crippen LogP contribution < -0.4 is 4.90 Å². The fraction of sp³-hybridized carbons (Fsp3) is 0.857. The van der Waals surface area contributed by atoms with E-state index in [4.69, 9.17) is 9.26 Å². The molecule has 0 N–H and O–H groups in total. The normalized spacial score (nSPS) is 28.1. The van der Waals surface area contributed by atoms with E-state index < -0.39 is 0 Å². The Morgan fingerprint density at radius 1 is 1.24 bits per heavy atom. The van der Waals surface area contributed by atoms with Crippen LogP contribution >= 0.6 is 0 Å². The maximum Gasteiger partial charge on any atom is 0.265 e. The lowest BCUT2D eigenvalue weighted by Crippen LogP contribution is -2.46. The van der Waals surface area contributed by atoms with Crippen LogP contribution in [-0.4, -0.2) is 79.5 Å². The predicted molar refractivity (Wildman–Crippen MR) is 79.2 cm³/mol. The van der Waals surface area contributed by atoms with Gasteiger partial charge in [0.15, 0.2) is 0 Å². The van der Waals surface area contributed by atoms with Gasteiger partial charge in [-0.25, -0.2) is 0 Å². The first-order valence-electron chi connectivity index (χ1n) is 7.67. The minimum absolute atomic E-state index is 0.616. The van der Waals surface area contributed by atoms with Crippen molar-refractivity contribution in [1.82, 2.24) is 19.9 Å². The fourth-order valence-corrected chi connectivity index (χ4v) is 3.24. The van der Waals surface area contributed by atoms with E-state index in [2.05, 4.69) is 26.9 Å². The first-order valence-corrected chi connectivity index (χ1v) is 7.67. The molecule has 2 aliphatic heterocycles. The average molecular weight is 295 g/mol. The van der Waals surface area contributed by atoms with Crippen molar-refractivity contribution in [3.8, 4) is 0 Å². The largest absolute Gasteiger partial charge is 0.379 e. The molecule has 2 saturated heterocycles. The standard InChI is InChI=1S/C14H25N5O2/c1-11-8-18(9-12(11)19-4-6-20-7-5-19)10-13-15-14(16-21-13)17(2)3/h11-12H,4-10H2,1-3H3/t11-,12-/m1/s1. The molecule has 0 saturated carbocycles. The van der Waals surface area contributed by atoms with Gasteiger partial charge in [0.05, 0.1) is 19.8 Å². The predicted octanol–water partition coefficient (Wildman–Crippen LogP) is 0.288. The first-order chi connectivity index (χ1) is 10.1. The number of nitrogens with zero attached hydrogens (tertiary/aromatic N) is 5. The Labute approximate surface area is 125 Å². The Morgan fingerprint density at radius 3 is 2.67 bits per heavy atom. The molecule has 118 valence electrons. The highest BCUT2D eigenvalue weighted by molar-refractivity contribution is 5.23. The first kappa shape index (κ1) is 14.7. The molecular weight excluding hydrogens is 270 g/mol. The summed E-state index contributed by atoms with van der Waals surface area (Å²) in [7, 11) is 3.84. The maximum absolute atomic E-state index is 5.45. The molecule has 2 aliphatic rings. The smallest absolute Gasteiger partial charge is 0.265 e. The van der Waals surface area contributed by atoms with Gasteiger partial charge in [-0.05, 0) is 11.1 Å². The van der Waals surface area contributed by atoms with E-state index in [0.717, 1.165) is 45.9 Å². The molecule has 1 aromatic rings. The lowest BCUT2D eigenvalue weighted by atomic mass is 10.0. The van der Waals surface area contributed by atoms with Gasteiger partial charge in [-0.1, -0.05) is 6.92 Å². The molecule has 3 heterocycles. The number of morpholine rings is 1. The van der Waals surface area contributed by atoms with Crippen molar-refractivity contribution in [3.05, 3.63) is 5.89 Å². The monoisotopic (exact) mass is 295 g/mol. The minimum Gasteiger partial charge on any atom is -0.379 e. The highest BCUT2D eigenvalue weighted by atomic mass is 16.5. The van der Waals surface area contributed by atoms with Crippen LogP contribution in [0.3, 0.4) is 0 Å². The summed E-state index contributed by atoms with van der Waals surface area (Å²) in [5, 5.41) is 3.97. The second-order valence-electron chi connectivity index (χ2n) is 6.27. The van der Waals surface area contributed by atoms with Crippen LogP contribution in [0.4, 0.5) is 5.95 Å². The van der Waals surface area contributed by atoms with Gasteiger partial charge in [0, 0.05) is 46.3 Å². The third kappa shape index (κ3) is 3.36. The summed E-state index contributed by atoms with van der Waals surface area (Å²) in [6.07, 6.45) is 0. The molecular formula is C14H25N5O2. The Balaban J connectivity index is 1.57. The molecule has 0 spiro atoms. The molecule has 0 aliphatic carbocycles. The van der Waals surface area contributed by atoms with Gasteiger partial charge in [0.1, 0.15) is 0 Å². The van der Waals surface area contributed by atoms with Crippen molar-refractivity contribution in [2.24, 2.45) is 5.92 Å². The van der Waals surface area contributed by atoms with Crippen LogP contribution in [0.1, 0.15) is 12.8 Å². The molecule has 7 heteroatoms. The van der Waals surface area contributed by atoms with Crippen LogP contribution in [0.25, 0.3) is 0 Å². The second-order valence-corrected chi connectivity index (χ2v) is 6.27. The lowest BCUT2D eigenvalue weighted by molar-refractivity contribution is 0.0116. The van der Waals surface area contributed by atoms with E-state index in [9.17, 15) is 0 Å². The zero-order chi connectivity index (χ0) is 14.8. The summed E-state index contributed by atoms with van der Waals surface area (Å²) < 4.78 is 10.8. The van der Waals surface area contributed by atoms with Crippen LogP contribution in [0.2, 0.25) is 0 Å². The number of rotatable bonds is 4. The Bertz CT molecular complexity index is 458. The van der Waals surface area contributed by atoms with Gasteiger partial charge in [-0.2, -0.15) is 4.98 Å². The Morgan fingerprint density at radius 2 is 2.00 bits per heavy atom. The van der Waals surface area contributed by atoms with Crippen LogP contribution in [-0.2, 0) is 11.3 Å². The highest BCUT2D eigenvalue weighted by Crippen LogP contribution is 2.24.